The number of nitrogens with zero attached hydrogens (tertiary/aromatic N) is 2. The van der Waals surface area contributed by atoms with Gasteiger partial charge < -0.3 is 0 Å². The molecule has 2 heteroatoms. The lowest BCUT2D eigenvalue weighted by Gasteiger charge is -2.31. The first-order valence-electron chi connectivity index (χ1n) is 7.18. The SMILES string of the molecule is CC1(C2=N[N]c3ccccc32)CCCCCCC1. The van der Waals surface area contributed by atoms with Gasteiger partial charge in [0.25, 0.3) is 0 Å². The zero-order chi connectivity index (χ0) is 12.4. The van der Waals surface area contributed by atoms with Gasteiger partial charge in [-0.2, -0.15) is 10.5 Å². The van der Waals surface area contributed by atoms with Crippen molar-refractivity contribution in [1.82, 2.24) is 5.43 Å². The van der Waals surface area contributed by atoms with E-state index in [1.54, 1.807) is 0 Å². The van der Waals surface area contributed by atoms with Gasteiger partial charge in [0.2, 0.25) is 0 Å². The van der Waals surface area contributed by atoms with Crippen LogP contribution >= 0.6 is 0 Å². The molecule has 1 aliphatic carbocycles. The molecule has 0 saturated heterocycles. The van der Waals surface area contributed by atoms with Gasteiger partial charge in [0.1, 0.15) is 0 Å². The second kappa shape index (κ2) is 4.75. The van der Waals surface area contributed by atoms with Crippen LogP contribution in [0.1, 0.15) is 57.4 Å². The molecule has 1 fully saturated rings. The second-order valence-electron chi connectivity index (χ2n) is 5.89. The third kappa shape index (κ3) is 2.05. The maximum absolute atomic E-state index is 4.51. The van der Waals surface area contributed by atoms with E-state index in [0.717, 1.165) is 5.69 Å². The summed E-state index contributed by atoms with van der Waals surface area (Å²) in [6, 6.07) is 8.38. The molecule has 1 heterocycles. The van der Waals surface area contributed by atoms with E-state index >= 15 is 0 Å². The van der Waals surface area contributed by atoms with Gasteiger partial charge in [-0.1, -0.05) is 57.2 Å². The third-order valence-electron chi connectivity index (χ3n) is 4.45. The Morgan fingerprint density at radius 3 is 2.39 bits per heavy atom. The molecule has 1 radical (unpaired) electrons. The van der Waals surface area contributed by atoms with Gasteiger partial charge in [-0.3, -0.25) is 0 Å². The van der Waals surface area contributed by atoms with Crippen LogP contribution in [0.4, 0.5) is 5.69 Å². The third-order valence-corrected chi connectivity index (χ3v) is 4.45. The average molecular weight is 241 g/mol. The lowest BCUT2D eigenvalue weighted by atomic mass is 9.72. The predicted octanol–water partition coefficient (Wildman–Crippen LogP) is 4.39. The second-order valence-corrected chi connectivity index (χ2v) is 5.89. The minimum absolute atomic E-state index is 0.233. The summed E-state index contributed by atoms with van der Waals surface area (Å²) in [7, 11) is 0. The van der Waals surface area contributed by atoms with E-state index in [-0.39, 0.29) is 5.41 Å². The van der Waals surface area contributed by atoms with Crippen LogP contribution < -0.4 is 5.43 Å². The first kappa shape index (κ1) is 11.8. The molecule has 0 N–H and O–H groups in total. The molecule has 2 nitrogen and oxygen atoms in total. The highest BCUT2D eigenvalue weighted by Gasteiger charge is 2.35. The summed E-state index contributed by atoms with van der Waals surface area (Å²) in [5, 5.41) is 4.51. The number of hydrogen-bond acceptors (Lipinski definition) is 1. The van der Waals surface area contributed by atoms with E-state index < -0.39 is 0 Å². The van der Waals surface area contributed by atoms with Gasteiger partial charge in [0.05, 0.1) is 11.4 Å². The van der Waals surface area contributed by atoms with Crippen LogP contribution in [0.2, 0.25) is 0 Å². The van der Waals surface area contributed by atoms with E-state index in [4.69, 9.17) is 0 Å². The fourth-order valence-electron chi connectivity index (χ4n) is 3.29. The van der Waals surface area contributed by atoms with Crippen LogP contribution in [-0.2, 0) is 0 Å². The maximum Gasteiger partial charge on any atom is 0.0948 e. The molecule has 0 aromatic heterocycles. The Bertz CT molecular complexity index is 454. The summed E-state index contributed by atoms with van der Waals surface area (Å²) in [6.45, 7) is 2.38. The van der Waals surface area contributed by atoms with Crippen LogP contribution in [0.15, 0.2) is 29.4 Å². The molecule has 2 aliphatic rings. The maximum atomic E-state index is 4.51. The monoisotopic (exact) mass is 241 g/mol. The van der Waals surface area contributed by atoms with E-state index in [1.165, 1.54) is 56.2 Å². The van der Waals surface area contributed by atoms with Crippen molar-refractivity contribution in [2.75, 3.05) is 0 Å². The largest absolute Gasteiger partial charge is 0.154 e. The smallest absolute Gasteiger partial charge is 0.0948 e. The number of hydrogen-bond donors (Lipinski definition) is 0. The van der Waals surface area contributed by atoms with Gasteiger partial charge in [-0.25, -0.2) is 0 Å². The Morgan fingerprint density at radius 2 is 1.61 bits per heavy atom. The highest BCUT2D eigenvalue weighted by molar-refractivity contribution is 6.09. The summed E-state index contributed by atoms with van der Waals surface area (Å²) in [5.74, 6) is 0. The molecule has 1 saturated carbocycles. The molecule has 18 heavy (non-hydrogen) atoms. The molecule has 1 aromatic rings. The Balaban J connectivity index is 1.89. The lowest BCUT2D eigenvalue weighted by Crippen LogP contribution is -2.28. The van der Waals surface area contributed by atoms with Crippen LogP contribution in [0.3, 0.4) is 0 Å². The Kier molecular flexibility index (Phi) is 3.11. The minimum Gasteiger partial charge on any atom is -0.154 e. The van der Waals surface area contributed by atoms with Crippen molar-refractivity contribution >= 4 is 11.4 Å². The zero-order valence-corrected chi connectivity index (χ0v) is 11.2. The minimum atomic E-state index is 0.233. The first-order chi connectivity index (χ1) is 8.80. The zero-order valence-electron chi connectivity index (χ0n) is 11.2. The molecule has 1 aromatic carbocycles. The quantitative estimate of drug-likeness (QED) is 0.697. The molecule has 95 valence electrons. The fraction of sp³-hybridized carbons (Fsp3) is 0.562. The van der Waals surface area contributed by atoms with Gasteiger partial charge >= 0.3 is 0 Å². The lowest BCUT2D eigenvalue weighted by molar-refractivity contribution is 0.334. The van der Waals surface area contributed by atoms with E-state index in [2.05, 4.69) is 35.7 Å². The fourth-order valence-corrected chi connectivity index (χ4v) is 3.29. The molecule has 0 bridgehead atoms. The summed E-state index contributed by atoms with van der Waals surface area (Å²) in [6.07, 6.45) is 9.34. The molecule has 0 amide bonds. The van der Waals surface area contributed by atoms with Gasteiger partial charge in [0.15, 0.2) is 0 Å². The van der Waals surface area contributed by atoms with Crippen molar-refractivity contribution in [2.45, 2.75) is 51.9 Å². The van der Waals surface area contributed by atoms with E-state index in [9.17, 15) is 0 Å². The highest BCUT2D eigenvalue weighted by atomic mass is 15.3. The predicted molar refractivity (Wildman–Crippen MR) is 75.2 cm³/mol. The van der Waals surface area contributed by atoms with Crippen molar-refractivity contribution in [3.05, 3.63) is 29.8 Å². The number of benzene rings is 1. The van der Waals surface area contributed by atoms with Crippen LogP contribution in [0, 0.1) is 5.41 Å². The Morgan fingerprint density at radius 1 is 0.944 bits per heavy atom. The van der Waals surface area contributed by atoms with Crippen molar-refractivity contribution in [3.8, 4) is 0 Å². The van der Waals surface area contributed by atoms with Crippen LogP contribution in [0.25, 0.3) is 0 Å². The molecular weight excluding hydrogens is 220 g/mol. The highest BCUT2D eigenvalue weighted by Crippen LogP contribution is 2.40. The summed E-state index contributed by atoms with van der Waals surface area (Å²) in [4.78, 5) is 0. The topological polar surface area (TPSA) is 26.5 Å². The van der Waals surface area contributed by atoms with Gasteiger partial charge in [0, 0.05) is 11.0 Å². The first-order valence-corrected chi connectivity index (χ1v) is 7.18. The number of fused-ring (bicyclic) bond motifs is 1. The molecule has 0 unspecified atom stereocenters. The number of rotatable bonds is 1. The van der Waals surface area contributed by atoms with Crippen molar-refractivity contribution < 1.29 is 0 Å². The van der Waals surface area contributed by atoms with E-state index in [1.807, 2.05) is 6.07 Å². The average Bonchev–Trinajstić information content (AvgIpc) is 2.79. The Hall–Kier alpha value is -1.31. The molecular formula is C16H21N2. The summed E-state index contributed by atoms with van der Waals surface area (Å²) < 4.78 is 0. The summed E-state index contributed by atoms with van der Waals surface area (Å²) >= 11 is 0. The molecule has 0 atom stereocenters. The molecule has 0 spiro atoms. The van der Waals surface area contributed by atoms with Crippen LogP contribution in [-0.4, -0.2) is 5.71 Å². The normalized spacial score (nSPS) is 22.4. The van der Waals surface area contributed by atoms with Gasteiger partial charge in [-0.05, 0) is 18.9 Å². The van der Waals surface area contributed by atoms with E-state index in [0.29, 0.717) is 0 Å². The molecule has 1 aliphatic heterocycles. The van der Waals surface area contributed by atoms with Crippen LogP contribution in [0.5, 0.6) is 0 Å². The van der Waals surface area contributed by atoms with Gasteiger partial charge in [-0.15, -0.1) is 0 Å². The molecule has 3 rings (SSSR count). The Labute approximate surface area is 109 Å². The van der Waals surface area contributed by atoms with Crippen molar-refractivity contribution in [3.63, 3.8) is 0 Å². The van der Waals surface area contributed by atoms with Crippen molar-refractivity contribution in [2.24, 2.45) is 10.5 Å². The van der Waals surface area contributed by atoms with Crippen molar-refractivity contribution in [1.29, 1.82) is 0 Å². The standard InChI is InChI=1S/C16H21N2/c1-16(11-7-3-2-4-8-12-16)15-13-9-5-6-10-14(13)17-18-15/h5-6,9-10H,2-4,7-8,11-12H2,1H3. The summed E-state index contributed by atoms with van der Waals surface area (Å²) in [5.41, 5.74) is 8.13.